The highest BCUT2D eigenvalue weighted by atomic mass is 32.2. The van der Waals surface area contributed by atoms with Gasteiger partial charge in [0, 0.05) is 16.3 Å². The molecule has 1 N–H and O–H groups in total. The Balaban J connectivity index is 1.94. The molecule has 2 aromatic rings. The summed E-state index contributed by atoms with van der Waals surface area (Å²) in [7, 11) is 1.29. The van der Waals surface area contributed by atoms with Gasteiger partial charge < -0.3 is 14.5 Å². The van der Waals surface area contributed by atoms with Crippen LogP contribution in [0.15, 0.2) is 17.5 Å². The van der Waals surface area contributed by atoms with Crippen LogP contribution in [0.3, 0.4) is 0 Å². The second-order valence-electron chi connectivity index (χ2n) is 5.69. The van der Waals surface area contributed by atoms with Crippen LogP contribution in [0.5, 0.6) is 0 Å². The molecule has 0 aliphatic rings. The molecule has 1 atom stereocenters. The Labute approximate surface area is 160 Å². The van der Waals surface area contributed by atoms with Gasteiger partial charge in [-0.25, -0.2) is 4.79 Å². The van der Waals surface area contributed by atoms with E-state index in [0.29, 0.717) is 16.8 Å². The van der Waals surface area contributed by atoms with Crippen molar-refractivity contribution in [1.82, 2.24) is 4.98 Å². The van der Waals surface area contributed by atoms with Crippen LogP contribution in [-0.2, 0) is 20.0 Å². The molecule has 0 radical (unpaired) electrons. The second-order valence-corrected chi connectivity index (χ2v) is 7.70. The first-order valence-electron chi connectivity index (χ1n) is 7.96. The number of H-pyrrole nitrogens is 1. The van der Waals surface area contributed by atoms with Crippen LogP contribution in [0.1, 0.15) is 43.9 Å². The molecule has 0 aliphatic carbocycles. The number of carbonyl (C=O) groups excluding carboxylic acids is 3. The fraction of sp³-hybridized carbons (Fsp3) is 0.389. The molecular weight excluding hydrogens is 374 g/mol. The number of carbonyl (C=O) groups is 3. The van der Waals surface area contributed by atoms with Crippen molar-refractivity contribution in [2.24, 2.45) is 0 Å². The van der Waals surface area contributed by atoms with E-state index in [2.05, 4.69) is 4.98 Å². The lowest BCUT2D eigenvalue weighted by molar-refractivity contribution is -0.143. The summed E-state index contributed by atoms with van der Waals surface area (Å²) in [4.78, 5) is 40.4. The normalized spacial score (nSPS) is 11.8. The monoisotopic (exact) mass is 395 g/mol. The van der Waals surface area contributed by atoms with Gasteiger partial charge in [-0.2, -0.15) is 0 Å². The van der Waals surface area contributed by atoms with Gasteiger partial charge in [-0.15, -0.1) is 23.1 Å². The van der Waals surface area contributed by atoms with Crippen LogP contribution in [0, 0.1) is 13.8 Å². The predicted octanol–water partition coefficient (Wildman–Crippen LogP) is 3.53. The minimum absolute atomic E-state index is 0.172. The summed E-state index contributed by atoms with van der Waals surface area (Å²) < 4.78 is 9.97. The Hall–Kier alpha value is -2.06. The van der Waals surface area contributed by atoms with Crippen LogP contribution >= 0.6 is 23.1 Å². The van der Waals surface area contributed by atoms with Gasteiger partial charge in [-0.05, 0) is 37.8 Å². The van der Waals surface area contributed by atoms with Crippen molar-refractivity contribution in [2.75, 3.05) is 12.9 Å². The van der Waals surface area contributed by atoms with Gasteiger partial charge in [0.1, 0.15) is 0 Å². The van der Waals surface area contributed by atoms with Crippen LogP contribution < -0.4 is 0 Å². The van der Waals surface area contributed by atoms with Crippen molar-refractivity contribution in [2.45, 2.75) is 32.6 Å². The second kappa shape index (κ2) is 9.05. The minimum atomic E-state index is -0.938. The molecule has 8 heteroatoms. The summed E-state index contributed by atoms with van der Waals surface area (Å²) in [6, 6.07) is 3.97. The lowest BCUT2D eigenvalue weighted by Crippen LogP contribution is -2.26. The van der Waals surface area contributed by atoms with E-state index in [1.54, 1.807) is 25.2 Å². The standard InChI is InChI=1S/C18H21NO5S2/c1-10-15(18(22)23-4)11(2)19-16(10)17(21)12(3)24-14(20)9-25-8-13-6-5-7-26-13/h5-7,12,19H,8-9H2,1-4H3/t12-/m0/s1. The maximum atomic E-state index is 12.6. The number of hydrogen-bond acceptors (Lipinski definition) is 7. The van der Waals surface area contributed by atoms with Crippen LogP contribution in [0.25, 0.3) is 0 Å². The number of ether oxygens (including phenoxy) is 2. The molecular formula is C18H21NO5S2. The van der Waals surface area contributed by atoms with E-state index in [9.17, 15) is 14.4 Å². The van der Waals surface area contributed by atoms with E-state index in [4.69, 9.17) is 9.47 Å². The number of thiophene rings is 1. The van der Waals surface area contributed by atoms with E-state index < -0.39 is 18.0 Å². The summed E-state index contributed by atoms with van der Waals surface area (Å²) in [5.41, 5.74) is 1.63. The summed E-state index contributed by atoms with van der Waals surface area (Å²) in [5.74, 6) is -0.429. The quantitative estimate of drug-likeness (QED) is 0.544. The molecule has 0 fully saturated rings. The minimum Gasteiger partial charge on any atom is -0.465 e. The lowest BCUT2D eigenvalue weighted by atomic mass is 10.1. The van der Waals surface area contributed by atoms with Crippen molar-refractivity contribution < 1.29 is 23.9 Å². The average Bonchev–Trinajstić information content (AvgIpc) is 3.21. The Kier molecular flexibility index (Phi) is 7.05. The molecule has 0 aromatic carbocycles. The number of thioether (sulfide) groups is 1. The smallest absolute Gasteiger partial charge is 0.339 e. The fourth-order valence-electron chi connectivity index (χ4n) is 2.52. The summed E-state index contributed by atoms with van der Waals surface area (Å²) in [6.45, 7) is 4.87. The third-order valence-corrected chi connectivity index (χ3v) is 5.81. The van der Waals surface area contributed by atoms with Gasteiger partial charge in [0.2, 0.25) is 5.78 Å². The third kappa shape index (κ3) is 4.76. The SMILES string of the molecule is COC(=O)c1c(C)[nH]c(C(=O)[C@H](C)OC(=O)CSCc2cccs2)c1C. The van der Waals surface area contributed by atoms with Gasteiger partial charge in [0.25, 0.3) is 0 Å². The van der Waals surface area contributed by atoms with E-state index in [0.717, 1.165) is 5.75 Å². The molecule has 0 amide bonds. The zero-order valence-electron chi connectivity index (χ0n) is 15.1. The topological polar surface area (TPSA) is 85.5 Å². The molecule has 26 heavy (non-hydrogen) atoms. The highest BCUT2D eigenvalue weighted by Crippen LogP contribution is 2.21. The first-order valence-corrected chi connectivity index (χ1v) is 9.99. The summed E-state index contributed by atoms with van der Waals surface area (Å²) >= 11 is 3.07. The number of aryl methyl sites for hydroxylation is 1. The first kappa shape index (κ1) is 20.3. The van der Waals surface area contributed by atoms with Crippen molar-refractivity contribution in [3.63, 3.8) is 0 Å². The molecule has 0 spiro atoms. The van der Waals surface area contributed by atoms with Gasteiger partial charge in [0.15, 0.2) is 6.10 Å². The van der Waals surface area contributed by atoms with Crippen LogP contribution in [-0.4, -0.2) is 41.7 Å². The molecule has 2 heterocycles. The Bertz CT molecular complexity index is 795. The van der Waals surface area contributed by atoms with E-state index >= 15 is 0 Å². The van der Waals surface area contributed by atoms with Gasteiger partial charge >= 0.3 is 11.9 Å². The Morgan fingerprint density at radius 1 is 1.31 bits per heavy atom. The number of nitrogens with one attached hydrogen (secondary N) is 1. The van der Waals surface area contributed by atoms with E-state index in [-0.39, 0.29) is 17.2 Å². The molecule has 2 rings (SSSR count). The zero-order chi connectivity index (χ0) is 19.3. The Morgan fingerprint density at radius 2 is 2.04 bits per heavy atom. The van der Waals surface area contributed by atoms with Crippen molar-refractivity contribution in [3.05, 3.63) is 44.9 Å². The average molecular weight is 396 g/mol. The van der Waals surface area contributed by atoms with Crippen molar-refractivity contribution in [3.8, 4) is 0 Å². The molecule has 6 nitrogen and oxygen atoms in total. The molecule has 2 aromatic heterocycles. The molecule has 0 aliphatic heterocycles. The number of hydrogen-bond donors (Lipinski definition) is 1. The summed E-state index contributed by atoms with van der Waals surface area (Å²) in [6.07, 6.45) is -0.938. The molecule has 0 unspecified atom stereocenters. The van der Waals surface area contributed by atoms with Gasteiger partial charge in [-0.1, -0.05) is 6.07 Å². The maximum Gasteiger partial charge on any atom is 0.339 e. The summed E-state index contributed by atoms with van der Waals surface area (Å²) in [5, 5.41) is 1.98. The Morgan fingerprint density at radius 3 is 2.65 bits per heavy atom. The highest BCUT2D eigenvalue weighted by Gasteiger charge is 2.27. The van der Waals surface area contributed by atoms with E-state index in [1.165, 1.54) is 30.7 Å². The van der Waals surface area contributed by atoms with E-state index in [1.807, 2.05) is 17.5 Å². The molecule has 0 saturated carbocycles. The molecule has 140 valence electrons. The fourth-order valence-corrected chi connectivity index (χ4v) is 4.17. The number of aromatic nitrogens is 1. The highest BCUT2D eigenvalue weighted by molar-refractivity contribution is 7.99. The molecule has 0 bridgehead atoms. The zero-order valence-corrected chi connectivity index (χ0v) is 16.7. The number of rotatable bonds is 8. The van der Waals surface area contributed by atoms with Crippen molar-refractivity contribution >= 4 is 40.8 Å². The van der Waals surface area contributed by atoms with Crippen LogP contribution in [0.2, 0.25) is 0 Å². The van der Waals surface area contributed by atoms with Gasteiger partial charge in [-0.3, -0.25) is 9.59 Å². The number of esters is 2. The number of aromatic amines is 1. The predicted molar refractivity (Wildman–Crippen MR) is 102 cm³/mol. The first-order chi connectivity index (χ1) is 12.3. The number of Topliss-reactive ketones (excluding diaryl/α,β-unsaturated/α-hetero) is 1. The van der Waals surface area contributed by atoms with Gasteiger partial charge in [0.05, 0.1) is 24.1 Å². The maximum absolute atomic E-state index is 12.6. The number of ketones is 1. The third-order valence-electron chi connectivity index (χ3n) is 3.80. The lowest BCUT2D eigenvalue weighted by Gasteiger charge is -2.12. The number of methoxy groups -OCH3 is 1. The van der Waals surface area contributed by atoms with Crippen molar-refractivity contribution in [1.29, 1.82) is 0 Å². The largest absolute Gasteiger partial charge is 0.465 e. The van der Waals surface area contributed by atoms with Crippen LogP contribution in [0.4, 0.5) is 0 Å². The molecule has 0 saturated heterocycles.